The van der Waals surface area contributed by atoms with E-state index in [1.165, 1.54) is 4.90 Å². The minimum Gasteiger partial charge on any atom is -0.320 e. The molecule has 1 saturated carbocycles. The lowest BCUT2D eigenvalue weighted by Crippen LogP contribution is -2.46. The minimum absolute atomic E-state index is 0.0264. The zero-order chi connectivity index (χ0) is 16.6. The third-order valence-electron chi connectivity index (χ3n) is 4.16. The molecule has 1 unspecified atom stereocenters. The third kappa shape index (κ3) is 3.80. The molecule has 2 amide bonds. The van der Waals surface area contributed by atoms with Gasteiger partial charge in [-0.1, -0.05) is 0 Å². The van der Waals surface area contributed by atoms with Crippen LogP contribution in [0.15, 0.2) is 12.4 Å². The molecule has 1 atom stereocenters. The summed E-state index contributed by atoms with van der Waals surface area (Å²) in [5.41, 5.74) is 0.164. The predicted octanol–water partition coefficient (Wildman–Crippen LogP) is 1.71. The van der Waals surface area contributed by atoms with Crippen LogP contribution >= 0.6 is 0 Å². The zero-order valence-corrected chi connectivity index (χ0v) is 13.2. The molecule has 23 heavy (non-hydrogen) atoms. The van der Waals surface area contributed by atoms with Crippen LogP contribution in [0.3, 0.4) is 0 Å². The summed E-state index contributed by atoms with van der Waals surface area (Å²) in [6, 6.07) is -0.805. The number of amides is 2. The molecule has 1 saturated heterocycles. The number of nitrogens with zero attached hydrogens (tertiary/aromatic N) is 3. The van der Waals surface area contributed by atoms with E-state index >= 15 is 0 Å². The standard InChI is InChI=1S/C13H18F2N4O3S/c14-12(15)19-7-10(6-16-19)17-13(20)18-4-1-5-23(21,22)8-11(18)9-2-3-9/h6-7,9,11-12H,1-5,8H2,(H,17,20). The van der Waals surface area contributed by atoms with Gasteiger partial charge in [0.15, 0.2) is 9.84 Å². The molecule has 2 heterocycles. The summed E-state index contributed by atoms with van der Waals surface area (Å²) in [4.78, 5) is 14.0. The fourth-order valence-corrected chi connectivity index (χ4v) is 4.59. The van der Waals surface area contributed by atoms with E-state index in [2.05, 4.69) is 10.4 Å². The highest BCUT2D eigenvalue weighted by molar-refractivity contribution is 7.91. The van der Waals surface area contributed by atoms with Crippen molar-refractivity contribution in [2.24, 2.45) is 5.92 Å². The van der Waals surface area contributed by atoms with Gasteiger partial charge in [-0.05, 0) is 25.2 Å². The molecule has 128 valence electrons. The van der Waals surface area contributed by atoms with Crippen LogP contribution in [0.2, 0.25) is 0 Å². The molecule has 1 aliphatic carbocycles. The number of alkyl halides is 2. The minimum atomic E-state index is -3.16. The second-order valence-electron chi connectivity index (χ2n) is 5.98. The number of carbonyl (C=O) groups excluding carboxylic acids is 1. The first-order valence-corrected chi connectivity index (χ1v) is 9.28. The topological polar surface area (TPSA) is 84.3 Å². The van der Waals surface area contributed by atoms with Crippen LogP contribution in [-0.4, -0.2) is 53.2 Å². The molecule has 0 radical (unpaired) electrons. The van der Waals surface area contributed by atoms with E-state index < -0.39 is 22.4 Å². The van der Waals surface area contributed by atoms with Crippen molar-refractivity contribution >= 4 is 21.6 Å². The molecule has 1 aromatic heterocycles. The molecule has 2 aliphatic rings. The van der Waals surface area contributed by atoms with E-state index in [1.54, 1.807) is 0 Å². The fourth-order valence-electron chi connectivity index (χ4n) is 2.88. The number of halogens is 2. The third-order valence-corrected chi connectivity index (χ3v) is 5.92. The van der Waals surface area contributed by atoms with Gasteiger partial charge in [-0.3, -0.25) is 0 Å². The number of rotatable bonds is 3. The smallest absolute Gasteiger partial charge is 0.320 e. The highest BCUT2D eigenvalue weighted by Gasteiger charge is 2.41. The van der Waals surface area contributed by atoms with Crippen LogP contribution in [0.5, 0.6) is 0 Å². The molecule has 3 rings (SSSR count). The van der Waals surface area contributed by atoms with Gasteiger partial charge >= 0.3 is 12.6 Å². The summed E-state index contributed by atoms with van der Waals surface area (Å²) in [5.74, 6) is 0.252. The maximum absolute atomic E-state index is 12.5. The Kier molecular flexibility index (Phi) is 4.26. The fraction of sp³-hybridized carbons (Fsp3) is 0.692. The van der Waals surface area contributed by atoms with E-state index in [0.29, 0.717) is 17.6 Å². The Morgan fingerprint density at radius 3 is 2.74 bits per heavy atom. The van der Waals surface area contributed by atoms with E-state index in [0.717, 1.165) is 25.2 Å². The summed E-state index contributed by atoms with van der Waals surface area (Å²) >= 11 is 0. The molecule has 0 spiro atoms. The molecule has 1 aromatic rings. The van der Waals surface area contributed by atoms with Crippen LogP contribution in [-0.2, 0) is 9.84 Å². The van der Waals surface area contributed by atoms with Gasteiger partial charge in [-0.2, -0.15) is 13.9 Å². The average Bonchev–Trinajstić information content (AvgIpc) is 3.22. The number of hydrogen-bond donors (Lipinski definition) is 1. The Morgan fingerprint density at radius 1 is 1.39 bits per heavy atom. The quantitative estimate of drug-likeness (QED) is 0.901. The largest absolute Gasteiger partial charge is 0.333 e. The van der Waals surface area contributed by atoms with Crippen molar-refractivity contribution in [3.8, 4) is 0 Å². The average molecular weight is 348 g/mol. The second-order valence-corrected chi connectivity index (χ2v) is 8.21. The van der Waals surface area contributed by atoms with Gasteiger partial charge in [-0.25, -0.2) is 17.9 Å². The number of anilines is 1. The first-order chi connectivity index (χ1) is 10.9. The molecular formula is C13H18F2N4O3S. The summed E-state index contributed by atoms with van der Waals surface area (Å²) < 4.78 is 49.4. The van der Waals surface area contributed by atoms with E-state index in [9.17, 15) is 22.0 Å². The maximum atomic E-state index is 12.5. The highest BCUT2D eigenvalue weighted by atomic mass is 32.2. The van der Waals surface area contributed by atoms with Gasteiger partial charge in [0.1, 0.15) is 0 Å². The van der Waals surface area contributed by atoms with Crippen LogP contribution in [0.4, 0.5) is 19.3 Å². The number of carbonyl (C=O) groups is 1. The summed E-state index contributed by atoms with van der Waals surface area (Å²) in [6.45, 7) is -2.43. The number of aromatic nitrogens is 2. The Labute approximate surface area is 132 Å². The SMILES string of the molecule is O=C(Nc1cnn(C(F)F)c1)N1CCCS(=O)(=O)CC1C1CC1. The molecule has 0 aromatic carbocycles. The van der Waals surface area contributed by atoms with Crippen LogP contribution < -0.4 is 5.32 Å². The molecule has 0 bridgehead atoms. The van der Waals surface area contributed by atoms with Crippen LogP contribution in [0, 0.1) is 5.92 Å². The Bertz CT molecular complexity index is 687. The number of urea groups is 1. The summed E-state index contributed by atoms with van der Waals surface area (Å²) in [7, 11) is -3.16. The second kappa shape index (κ2) is 6.06. The van der Waals surface area contributed by atoms with Crippen molar-refractivity contribution in [3.05, 3.63) is 12.4 Å². The van der Waals surface area contributed by atoms with Crippen molar-refractivity contribution in [1.82, 2.24) is 14.7 Å². The van der Waals surface area contributed by atoms with E-state index in [4.69, 9.17) is 0 Å². The number of hydrogen-bond acceptors (Lipinski definition) is 4. The van der Waals surface area contributed by atoms with E-state index in [-0.39, 0.29) is 29.2 Å². The number of nitrogens with one attached hydrogen (secondary N) is 1. The van der Waals surface area contributed by atoms with Gasteiger partial charge in [0.25, 0.3) is 0 Å². The van der Waals surface area contributed by atoms with Crippen molar-refractivity contribution in [2.45, 2.75) is 31.9 Å². The van der Waals surface area contributed by atoms with Crippen LogP contribution in [0.1, 0.15) is 25.8 Å². The monoisotopic (exact) mass is 348 g/mol. The first-order valence-electron chi connectivity index (χ1n) is 7.46. The van der Waals surface area contributed by atoms with Crippen LogP contribution in [0.25, 0.3) is 0 Å². The highest BCUT2D eigenvalue weighted by Crippen LogP contribution is 2.37. The normalized spacial score (nSPS) is 24.5. The lowest BCUT2D eigenvalue weighted by molar-refractivity contribution is 0.0566. The van der Waals surface area contributed by atoms with Crippen molar-refractivity contribution < 1.29 is 22.0 Å². The first kappa shape index (κ1) is 16.2. The Hall–Kier alpha value is -1.71. The lowest BCUT2D eigenvalue weighted by atomic mass is 10.2. The molecular weight excluding hydrogens is 330 g/mol. The van der Waals surface area contributed by atoms with Crippen molar-refractivity contribution in [1.29, 1.82) is 0 Å². The van der Waals surface area contributed by atoms with Gasteiger partial charge < -0.3 is 10.2 Å². The molecule has 7 nitrogen and oxygen atoms in total. The van der Waals surface area contributed by atoms with E-state index in [1.807, 2.05) is 0 Å². The molecule has 10 heteroatoms. The van der Waals surface area contributed by atoms with Gasteiger partial charge in [-0.15, -0.1) is 0 Å². The van der Waals surface area contributed by atoms with Gasteiger partial charge in [0.05, 0.1) is 35.6 Å². The lowest BCUT2D eigenvalue weighted by Gasteiger charge is -2.29. The van der Waals surface area contributed by atoms with Crippen molar-refractivity contribution in [2.75, 3.05) is 23.4 Å². The number of sulfone groups is 1. The maximum Gasteiger partial charge on any atom is 0.333 e. The van der Waals surface area contributed by atoms with Crippen molar-refractivity contribution in [3.63, 3.8) is 0 Å². The summed E-state index contributed by atoms with van der Waals surface area (Å²) in [6.07, 6.45) is 4.39. The van der Waals surface area contributed by atoms with Gasteiger partial charge in [0.2, 0.25) is 0 Å². The summed E-state index contributed by atoms with van der Waals surface area (Å²) in [5, 5.41) is 5.99. The molecule has 1 aliphatic heterocycles. The molecule has 1 N–H and O–H groups in total. The zero-order valence-electron chi connectivity index (χ0n) is 12.4. The van der Waals surface area contributed by atoms with Gasteiger partial charge in [0, 0.05) is 6.54 Å². The molecule has 2 fully saturated rings. The predicted molar refractivity (Wildman–Crippen MR) is 79.0 cm³/mol. The Balaban J connectivity index is 1.73. The Morgan fingerprint density at radius 2 is 2.13 bits per heavy atom.